The van der Waals surface area contributed by atoms with Crippen LogP contribution in [0.5, 0.6) is 5.75 Å². The standard InChI is InChI=1S/C10H9NO7S2/c11-5-1-3-8(20(16,17)18)10-6(12)2-4-7(9(5)10)19(13,14)15/h1-4,12H,11H2,(H,13,14,15)(H,16,17,18). The third-order valence-corrected chi connectivity index (χ3v) is 4.44. The fourth-order valence-corrected chi connectivity index (χ4v) is 3.29. The molecule has 2 rings (SSSR count). The SMILES string of the molecule is Nc1ccc(S(=O)(=O)O)c2c(O)ccc(S(=O)(=O)O)c12. The highest BCUT2D eigenvalue weighted by Gasteiger charge is 2.24. The first-order chi connectivity index (χ1) is 9.03. The van der Waals surface area contributed by atoms with Gasteiger partial charge in [0.15, 0.2) is 0 Å². The number of benzene rings is 2. The van der Waals surface area contributed by atoms with Crippen LogP contribution in [0, 0.1) is 0 Å². The number of fused-ring (bicyclic) bond motifs is 1. The monoisotopic (exact) mass is 319 g/mol. The first-order valence-electron chi connectivity index (χ1n) is 5.02. The fraction of sp³-hybridized carbons (Fsp3) is 0. The molecule has 0 aliphatic carbocycles. The van der Waals surface area contributed by atoms with Crippen molar-refractivity contribution < 1.29 is 31.0 Å². The quantitative estimate of drug-likeness (QED) is 0.463. The minimum atomic E-state index is -4.72. The second-order valence-electron chi connectivity index (χ2n) is 3.94. The summed E-state index contributed by atoms with van der Waals surface area (Å²) in [4.78, 5) is -1.39. The van der Waals surface area contributed by atoms with Crippen molar-refractivity contribution in [3.8, 4) is 5.75 Å². The summed E-state index contributed by atoms with van der Waals surface area (Å²) in [5, 5.41) is 8.85. The summed E-state index contributed by atoms with van der Waals surface area (Å²) in [6.07, 6.45) is 0. The van der Waals surface area contributed by atoms with Crippen molar-refractivity contribution in [2.24, 2.45) is 0 Å². The van der Waals surface area contributed by atoms with Crippen LogP contribution in [0.1, 0.15) is 0 Å². The van der Waals surface area contributed by atoms with Gasteiger partial charge in [0.25, 0.3) is 20.2 Å². The summed E-state index contributed by atoms with van der Waals surface area (Å²) in [6.45, 7) is 0. The molecule has 0 aliphatic rings. The number of hydrogen-bond acceptors (Lipinski definition) is 6. The van der Waals surface area contributed by atoms with Gasteiger partial charge in [0.1, 0.15) is 15.5 Å². The Morgan fingerprint density at radius 2 is 1.25 bits per heavy atom. The van der Waals surface area contributed by atoms with E-state index >= 15 is 0 Å². The van der Waals surface area contributed by atoms with Crippen LogP contribution in [-0.4, -0.2) is 31.0 Å². The highest BCUT2D eigenvalue weighted by Crippen LogP contribution is 2.38. The third kappa shape index (κ3) is 2.29. The molecule has 0 spiro atoms. The second-order valence-corrected chi connectivity index (χ2v) is 6.72. The molecule has 0 radical (unpaired) electrons. The Labute approximate surface area is 114 Å². The maximum absolute atomic E-state index is 11.3. The number of nitrogens with two attached hydrogens (primary N) is 1. The maximum Gasteiger partial charge on any atom is 0.295 e. The van der Waals surface area contributed by atoms with Crippen molar-refractivity contribution in [1.82, 2.24) is 0 Å². The predicted octanol–water partition coefficient (Wildman–Crippen LogP) is 0.621. The van der Waals surface area contributed by atoms with E-state index in [-0.39, 0.29) is 11.1 Å². The van der Waals surface area contributed by atoms with Crippen LogP contribution >= 0.6 is 0 Å². The Hall–Kier alpha value is -1.88. The summed E-state index contributed by atoms with van der Waals surface area (Å²) in [6, 6.07) is 3.71. The molecular formula is C10H9NO7S2. The Balaban J connectivity index is 3.18. The van der Waals surface area contributed by atoms with Crippen LogP contribution < -0.4 is 5.73 Å². The number of phenols is 1. The van der Waals surface area contributed by atoms with E-state index in [1.165, 1.54) is 0 Å². The van der Waals surface area contributed by atoms with E-state index in [9.17, 15) is 21.9 Å². The van der Waals surface area contributed by atoms with Gasteiger partial charge < -0.3 is 10.8 Å². The molecular weight excluding hydrogens is 310 g/mol. The molecule has 8 nitrogen and oxygen atoms in total. The normalized spacial score (nSPS) is 12.7. The fourth-order valence-electron chi connectivity index (χ4n) is 1.87. The Bertz CT molecular complexity index is 839. The Morgan fingerprint density at radius 3 is 1.75 bits per heavy atom. The van der Waals surface area contributed by atoms with Crippen LogP contribution in [0.2, 0.25) is 0 Å². The summed E-state index contributed by atoms with van der Waals surface area (Å²) >= 11 is 0. The molecule has 0 atom stereocenters. The van der Waals surface area contributed by atoms with Gasteiger partial charge in [-0.15, -0.1) is 0 Å². The number of anilines is 1. The molecule has 108 valence electrons. The molecule has 10 heteroatoms. The van der Waals surface area contributed by atoms with Crippen LogP contribution in [0.15, 0.2) is 34.1 Å². The lowest BCUT2D eigenvalue weighted by molar-refractivity contribution is 0.472. The highest BCUT2D eigenvalue weighted by atomic mass is 32.2. The zero-order valence-electron chi connectivity index (χ0n) is 9.68. The van der Waals surface area contributed by atoms with Crippen molar-refractivity contribution in [3.05, 3.63) is 24.3 Å². The third-order valence-electron chi connectivity index (χ3n) is 2.65. The van der Waals surface area contributed by atoms with E-state index in [2.05, 4.69) is 0 Å². The smallest absolute Gasteiger partial charge is 0.295 e. The maximum atomic E-state index is 11.3. The van der Waals surface area contributed by atoms with Crippen molar-refractivity contribution in [3.63, 3.8) is 0 Å². The first kappa shape index (κ1) is 14.5. The van der Waals surface area contributed by atoms with Crippen molar-refractivity contribution in [1.29, 1.82) is 0 Å². The average Bonchev–Trinajstić information content (AvgIpc) is 2.27. The zero-order chi connectivity index (χ0) is 15.3. The largest absolute Gasteiger partial charge is 0.507 e. The molecule has 0 aromatic heterocycles. The van der Waals surface area contributed by atoms with Crippen LogP contribution in [-0.2, 0) is 20.2 Å². The van der Waals surface area contributed by atoms with Gasteiger partial charge in [0, 0.05) is 16.5 Å². The molecule has 5 N–H and O–H groups in total. The molecule has 0 bridgehead atoms. The molecule has 0 saturated carbocycles. The Kier molecular flexibility index (Phi) is 3.13. The van der Waals surface area contributed by atoms with E-state index in [0.717, 1.165) is 24.3 Å². The van der Waals surface area contributed by atoms with Crippen LogP contribution in [0.3, 0.4) is 0 Å². The van der Waals surface area contributed by atoms with E-state index in [0.29, 0.717) is 0 Å². The average molecular weight is 319 g/mol. The topological polar surface area (TPSA) is 155 Å². The number of aromatic hydroxyl groups is 1. The van der Waals surface area contributed by atoms with Gasteiger partial charge in [-0.3, -0.25) is 9.11 Å². The zero-order valence-corrected chi connectivity index (χ0v) is 11.3. The van der Waals surface area contributed by atoms with Gasteiger partial charge in [0.05, 0.1) is 0 Å². The molecule has 0 amide bonds. The number of rotatable bonds is 2. The molecule has 20 heavy (non-hydrogen) atoms. The lowest BCUT2D eigenvalue weighted by atomic mass is 10.1. The summed E-state index contributed by atoms with van der Waals surface area (Å²) in [5.74, 6) is -0.604. The van der Waals surface area contributed by atoms with Crippen LogP contribution in [0.25, 0.3) is 10.8 Å². The van der Waals surface area contributed by atoms with Gasteiger partial charge in [0.2, 0.25) is 0 Å². The van der Waals surface area contributed by atoms with Crippen molar-refractivity contribution >= 4 is 36.7 Å². The van der Waals surface area contributed by atoms with Gasteiger partial charge in [-0.25, -0.2) is 0 Å². The molecule has 2 aromatic carbocycles. The predicted molar refractivity (Wildman–Crippen MR) is 69.7 cm³/mol. The molecule has 0 aliphatic heterocycles. The summed E-state index contributed by atoms with van der Waals surface area (Å²) < 4.78 is 63.3. The Morgan fingerprint density at radius 1 is 0.800 bits per heavy atom. The molecule has 0 unspecified atom stereocenters. The molecule has 2 aromatic rings. The second kappa shape index (κ2) is 4.31. The number of nitrogen functional groups attached to an aromatic ring is 1. The van der Waals surface area contributed by atoms with Gasteiger partial charge in [-0.05, 0) is 24.3 Å². The van der Waals surface area contributed by atoms with Gasteiger partial charge in [-0.2, -0.15) is 16.8 Å². The summed E-state index contributed by atoms with van der Waals surface area (Å²) in [5.41, 5.74) is 5.39. The van der Waals surface area contributed by atoms with Crippen LogP contribution in [0.4, 0.5) is 5.69 Å². The van der Waals surface area contributed by atoms with Crippen molar-refractivity contribution in [2.75, 3.05) is 5.73 Å². The number of phenolic OH excluding ortho intramolecular Hbond substituents is 1. The first-order valence-corrected chi connectivity index (χ1v) is 7.90. The van der Waals surface area contributed by atoms with E-state index in [1.807, 2.05) is 0 Å². The minimum absolute atomic E-state index is 0.184. The lowest BCUT2D eigenvalue weighted by Crippen LogP contribution is -2.05. The van der Waals surface area contributed by atoms with Gasteiger partial charge in [-0.1, -0.05) is 0 Å². The molecule has 0 heterocycles. The number of hydrogen-bond donors (Lipinski definition) is 4. The lowest BCUT2D eigenvalue weighted by Gasteiger charge is -2.11. The summed E-state index contributed by atoms with van der Waals surface area (Å²) in [7, 11) is -9.42. The van der Waals surface area contributed by atoms with E-state index in [4.69, 9.17) is 14.8 Å². The van der Waals surface area contributed by atoms with Gasteiger partial charge >= 0.3 is 0 Å². The molecule has 0 fully saturated rings. The van der Waals surface area contributed by atoms with E-state index in [1.54, 1.807) is 0 Å². The molecule has 0 saturated heterocycles. The van der Waals surface area contributed by atoms with Crippen molar-refractivity contribution in [2.45, 2.75) is 9.79 Å². The minimum Gasteiger partial charge on any atom is -0.507 e. The van der Waals surface area contributed by atoms with E-state index < -0.39 is 41.2 Å². The highest BCUT2D eigenvalue weighted by molar-refractivity contribution is 7.86.